The molecule has 0 saturated carbocycles. The summed E-state index contributed by atoms with van der Waals surface area (Å²) < 4.78 is 0. The average molecular weight is 252 g/mol. The quantitative estimate of drug-likeness (QED) is 0.816. The van der Waals surface area contributed by atoms with E-state index in [-0.39, 0.29) is 0 Å². The van der Waals surface area contributed by atoms with E-state index in [2.05, 4.69) is 5.32 Å². The van der Waals surface area contributed by atoms with Gasteiger partial charge in [0.15, 0.2) is 0 Å². The van der Waals surface area contributed by atoms with Crippen LogP contribution in [0.1, 0.15) is 0 Å². The summed E-state index contributed by atoms with van der Waals surface area (Å²) >= 11 is 11.9. The molecule has 0 bridgehead atoms. The van der Waals surface area contributed by atoms with Crippen LogP contribution in [0, 0.1) is 0 Å². The third-order valence-electron chi connectivity index (χ3n) is 2.37. The van der Waals surface area contributed by atoms with Crippen molar-refractivity contribution in [3.05, 3.63) is 52.5 Å². The van der Waals surface area contributed by atoms with Crippen molar-refractivity contribution in [2.24, 2.45) is 0 Å². The number of nitrogens with one attached hydrogen (secondary N) is 1. The molecule has 0 saturated heterocycles. The van der Waals surface area contributed by atoms with Gasteiger partial charge in [-0.1, -0.05) is 35.3 Å². The second-order valence-electron chi connectivity index (χ2n) is 3.49. The summed E-state index contributed by atoms with van der Waals surface area (Å²) in [6, 6.07) is 13.6. The van der Waals surface area contributed by atoms with Crippen molar-refractivity contribution in [3.8, 4) is 11.1 Å². The van der Waals surface area contributed by atoms with E-state index in [0.29, 0.717) is 10.0 Å². The van der Waals surface area contributed by atoms with E-state index in [0.717, 1.165) is 16.8 Å². The van der Waals surface area contributed by atoms with Crippen molar-refractivity contribution < 1.29 is 0 Å². The summed E-state index contributed by atoms with van der Waals surface area (Å²) in [5.41, 5.74) is 3.21. The van der Waals surface area contributed by atoms with Crippen LogP contribution in [0.5, 0.6) is 0 Å². The standard InChI is InChI=1S/C13H11Cl2N/c1-16-13-4-2-9(3-5-13)10-6-11(14)8-12(15)7-10/h2-8,16H,1H3. The highest BCUT2D eigenvalue weighted by atomic mass is 35.5. The fraction of sp³-hybridized carbons (Fsp3) is 0.0769. The fourth-order valence-electron chi connectivity index (χ4n) is 1.55. The average Bonchev–Trinajstić information content (AvgIpc) is 2.28. The third-order valence-corrected chi connectivity index (χ3v) is 2.81. The van der Waals surface area contributed by atoms with Crippen LogP contribution in [-0.4, -0.2) is 7.05 Å². The summed E-state index contributed by atoms with van der Waals surface area (Å²) in [6.45, 7) is 0. The predicted molar refractivity (Wildman–Crippen MR) is 71.4 cm³/mol. The van der Waals surface area contributed by atoms with E-state index >= 15 is 0 Å². The SMILES string of the molecule is CNc1ccc(-c2cc(Cl)cc(Cl)c2)cc1. The Labute approximate surface area is 105 Å². The monoisotopic (exact) mass is 251 g/mol. The van der Waals surface area contributed by atoms with Crippen LogP contribution in [-0.2, 0) is 0 Å². The van der Waals surface area contributed by atoms with E-state index in [9.17, 15) is 0 Å². The summed E-state index contributed by atoms with van der Waals surface area (Å²) in [7, 11) is 1.89. The second kappa shape index (κ2) is 4.77. The minimum absolute atomic E-state index is 0.653. The lowest BCUT2D eigenvalue weighted by molar-refractivity contribution is 1.51. The molecular formula is C13H11Cl2N. The highest BCUT2D eigenvalue weighted by molar-refractivity contribution is 6.35. The zero-order valence-electron chi connectivity index (χ0n) is 8.80. The van der Waals surface area contributed by atoms with E-state index in [1.54, 1.807) is 6.07 Å². The highest BCUT2D eigenvalue weighted by Crippen LogP contribution is 2.27. The maximum absolute atomic E-state index is 5.96. The number of anilines is 1. The zero-order chi connectivity index (χ0) is 11.5. The van der Waals surface area contributed by atoms with Gasteiger partial charge in [0.1, 0.15) is 0 Å². The Morgan fingerprint density at radius 1 is 0.812 bits per heavy atom. The Morgan fingerprint density at radius 2 is 1.38 bits per heavy atom. The van der Waals surface area contributed by atoms with Crippen molar-refractivity contribution in [2.45, 2.75) is 0 Å². The van der Waals surface area contributed by atoms with E-state index < -0.39 is 0 Å². The van der Waals surface area contributed by atoms with Crippen LogP contribution in [0.4, 0.5) is 5.69 Å². The molecule has 2 aromatic carbocycles. The van der Waals surface area contributed by atoms with Gasteiger partial charge in [-0.2, -0.15) is 0 Å². The molecule has 16 heavy (non-hydrogen) atoms. The van der Waals surface area contributed by atoms with E-state index in [1.165, 1.54) is 0 Å². The maximum Gasteiger partial charge on any atom is 0.0426 e. The molecule has 0 aliphatic carbocycles. The summed E-state index contributed by atoms with van der Waals surface area (Å²) in [4.78, 5) is 0. The van der Waals surface area contributed by atoms with Crippen LogP contribution in [0.2, 0.25) is 10.0 Å². The van der Waals surface area contributed by atoms with Gasteiger partial charge in [0.05, 0.1) is 0 Å². The molecule has 2 rings (SSSR count). The first kappa shape index (κ1) is 11.3. The first-order valence-electron chi connectivity index (χ1n) is 4.93. The van der Waals surface area contributed by atoms with Crippen LogP contribution in [0.3, 0.4) is 0 Å². The molecule has 0 atom stereocenters. The Kier molecular flexibility index (Phi) is 3.37. The second-order valence-corrected chi connectivity index (χ2v) is 4.36. The number of rotatable bonds is 2. The van der Waals surface area contributed by atoms with E-state index in [1.807, 2.05) is 43.4 Å². The van der Waals surface area contributed by atoms with Gasteiger partial charge in [0.2, 0.25) is 0 Å². The first-order chi connectivity index (χ1) is 7.69. The summed E-state index contributed by atoms with van der Waals surface area (Å²) in [6.07, 6.45) is 0. The molecule has 0 aliphatic rings. The maximum atomic E-state index is 5.96. The molecular weight excluding hydrogens is 241 g/mol. The third kappa shape index (κ3) is 2.49. The minimum atomic E-state index is 0.653. The Morgan fingerprint density at radius 3 is 1.88 bits per heavy atom. The van der Waals surface area contributed by atoms with Gasteiger partial charge in [-0.3, -0.25) is 0 Å². The van der Waals surface area contributed by atoms with Crippen molar-refractivity contribution in [3.63, 3.8) is 0 Å². The Bertz CT molecular complexity index is 472. The molecule has 0 radical (unpaired) electrons. The highest BCUT2D eigenvalue weighted by Gasteiger charge is 2.01. The number of halogens is 2. The molecule has 0 aromatic heterocycles. The molecule has 0 amide bonds. The van der Waals surface area contributed by atoms with Gasteiger partial charge >= 0.3 is 0 Å². The molecule has 0 fully saturated rings. The molecule has 1 nitrogen and oxygen atoms in total. The van der Waals surface area contributed by atoms with Gasteiger partial charge < -0.3 is 5.32 Å². The van der Waals surface area contributed by atoms with Crippen LogP contribution in [0.25, 0.3) is 11.1 Å². The van der Waals surface area contributed by atoms with Crippen LogP contribution in [0.15, 0.2) is 42.5 Å². The molecule has 0 heterocycles. The summed E-state index contributed by atoms with van der Waals surface area (Å²) in [5.74, 6) is 0. The molecule has 0 aliphatic heterocycles. The predicted octanol–water partition coefficient (Wildman–Crippen LogP) is 4.70. The van der Waals surface area contributed by atoms with Crippen LogP contribution < -0.4 is 5.32 Å². The summed E-state index contributed by atoms with van der Waals surface area (Å²) in [5, 5.41) is 4.38. The van der Waals surface area contributed by atoms with Gasteiger partial charge in [-0.25, -0.2) is 0 Å². The van der Waals surface area contributed by atoms with E-state index in [4.69, 9.17) is 23.2 Å². The lowest BCUT2D eigenvalue weighted by Gasteiger charge is -2.05. The zero-order valence-corrected chi connectivity index (χ0v) is 10.3. The molecule has 3 heteroatoms. The van der Waals surface area contributed by atoms with Gasteiger partial charge in [-0.15, -0.1) is 0 Å². The minimum Gasteiger partial charge on any atom is -0.388 e. The molecule has 0 spiro atoms. The molecule has 2 aromatic rings. The van der Waals surface area contributed by atoms with Gasteiger partial charge in [-0.05, 0) is 41.5 Å². The largest absolute Gasteiger partial charge is 0.388 e. The fourth-order valence-corrected chi connectivity index (χ4v) is 2.08. The van der Waals surface area contributed by atoms with Gasteiger partial charge in [0, 0.05) is 22.8 Å². The van der Waals surface area contributed by atoms with Crippen molar-refractivity contribution >= 4 is 28.9 Å². The lowest BCUT2D eigenvalue weighted by Crippen LogP contribution is -1.86. The normalized spacial score (nSPS) is 10.2. The number of hydrogen-bond acceptors (Lipinski definition) is 1. The Balaban J connectivity index is 2.42. The topological polar surface area (TPSA) is 12.0 Å². The molecule has 82 valence electrons. The number of hydrogen-bond donors (Lipinski definition) is 1. The Hall–Kier alpha value is -1.18. The van der Waals surface area contributed by atoms with Crippen LogP contribution >= 0.6 is 23.2 Å². The van der Waals surface area contributed by atoms with Crippen molar-refractivity contribution in [1.29, 1.82) is 0 Å². The number of benzene rings is 2. The van der Waals surface area contributed by atoms with Crippen molar-refractivity contribution in [2.75, 3.05) is 12.4 Å². The molecule has 1 N–H and O–H groups in total. The molecule has 0 unspecified atom stereocenters. The van der Waals surface area contributed by atoms with Gasteiger partial charge in [0.25, 0.3) is 0 Å². The lowest BCUT2D eigenvalue weighted by atomic mass is 10.1. The first-order valence-corrected chi connectivity index (χ1v) is 5.69. The smallest absolute Gasteiger partial charge is 0.0426 e. The van der Waals surface area contributed by atoms with Crippen molar-refractivity contribution in [1.82, 2.24) is 0 Å².